The number of fused-ring (bicyclic) bond motifs is 3. The predicted molar refractivity (Wildman–Crippen MR) is 112 cm³/mol. The maximum Gasteiger partial charge on any atom is 0.262 e. The number of rotatable bonds is 5. The van der Waals surface area contributed by atoms with Crippen molar-refractivity contribution in [2.75, 3.05) is 11.1 Å². The summed E-state index contributed by atoms with van der Waals surface area (Å²) in [5.74, 6) is 0.115. The average molecular weight is 400 g/mol. The number of hydrogen-bond acceptors (Lipinski definition) is 5. The molecule has 0 aliphatic heterocycles. The van der Waals surface area contributed by atoms with E-state index in [0.29, 0.717) is 5.16 Å². The number of amides is 1. The number of carbonyl (C=O) groups excluding carboxylic acids is 1. The van der Waals surface area contributed by atoms with Crippen molar-refractivity contribution in [1.82, 2.24) is 9.55 Å². The van der Waals surface area contributed by atoms with Gasteiger partial charge in [-0.1, -0.05) is 30.8 Å². The van der Waals surface area contributed by atoms with E-state index in [0.717, 1.165) is 41.6 Å². The van der Waals surface area contributed by atoms with E-state index in [-0.39, 0.29) is 17.2 Å². The Balaban J connectivity index is 1.51. The second-order valence-electron chi connectivity index (χ2n) is 6.69. The lowest BCUT2D eigenvalue weighted by Crippen LogP contribution is -2.21. The summed E-state index contributed by atoms with van der Waals surface area (Å²) in [6.45, 7) is 2.08. The second kappa shape index (κ2) is 7.48. The smallest absolute Gasteiger partial charge is 0.262 e. The molecule has 2 aromatic heterocycles. The van der Waals surface area contributed by atoms with Gasteiger partial charge >= 0.3 is 0 Å². The zero-order valence-corrected chi connectivity index (χ0v) is 17.0. The molecule has 1 aliphatic rings. The normalized spacial score (nSPS) is 13.1. The van der Waals surface area contributed by atoms with Gasteiger partial charge in [0.25, 0.3) is 5.56 Å². The van der Waals surface area contributed by atoms with Crippen molar-refractivity contribution in [2.24, 2.45) is 7.05 Å². The Labute approximate surface area is 165 Å². The van der Waals surface area contributed by atoms with Crippen LogP contribution in [-0.2, 0) is 31.1 Å². The summed E-state index contributed by atoms with van der Waals surface area (Å²) in [5.41, 5.74) is 3.17. The van der Waals surface area contributed by atoms with Crippen molar-refractivity contribution >= 4 is 44.9 Å². The molecule has 2 heterocycles. The van der Waals surface area contributed by atoms with Crippen LogP contribution in [0.25, 0.3) is 10.2 Å². The molecule has 0 bridgehead atoms. The minimum absolute atomic E-state index is 0.00189. The lowest BCUT2D eigenvalue weighted by molar-refractivity contribution is -0.113. The number of nitrogens with zero attached hydrogens (tertiary/aromatic N) is 2. The lowest BCUT2D eigenvalue weighted by Gasteiger charge is -2.09. The quantitative estimate of drug-likeness (QED) is 0.524. The van der Waals surface area contributed by atoms with Gasteiger partial charge in [0, 0.05) is 17.6 Å². The van der Waals surface area contributed by atoms with E-state index in [2.05, 4.69) is 17.2 Å². The van der Waals surface area contributed by atoms with Gasteiger partial charge in [-0.15, -0.1) is 11.3 Å². The van der Waals surface area contributed by atoms with Crippen molar-refractivity contribution in [2.45, 2.75) is 37.8 Å². The lowest BCUT2D eigenvalue weighted by atomic mass is 10.1. The van der Waals surface area contributed by atoms with Gasteiger partial charge < -0.3 is 5.32 Å². The number of nitrogens with one attached hydrogen (secondary N) is 1. The highest BCUT2D eigenvalue weighted by Crippen LogP contribution is 2.35. The SMILES string of the molecule is CCc1cccc(NC(=O)CSc2nc3sc4c(c3c(=O)n2C)CCC4)c1. The van der Waals surface area contributed by atoms with Crippen LogP contribution < -0.4 is 10.9 Å². The van der Waals surface area contributed by atoms with E-state index in [1.54, 1.807) is 23.0 Å². The molecule has 140 valence electrons. The van der Waals surface area contributed by atoms with Gasteiger partial charge in [-0.25, -0.2) is 4.98 Å². The molecular weight excluding hydrogens is 378 g/mol. The number of thiophene rings is 1. The van der Waals surface area contributed by atoms with Crippen molar-refractivity contribution in [1.29, 1.82) is 0 Å². The van der Waals surface area contributed by atoms with Gasteiger partial charge in [-0.3, -0.25) is 14.2 Å². The Bertz CT molecular complexity index is 1080. The molecule has 0 unspecified atom stereocenters. The number of hydrogen-bond donors (Lipinski definition) is 1. The van der Waals surface area contributed by atoms with Crippen molar-refractivity contribution < 1.29 is 4.79 Å². The number of anilines is 1. The van der Waals surface area contributed by atoms with Gasteiger partial charge in [-0.05, 0) is 48.9 Å². The van der Waals surface area contributed by atoms with Crippen molar-refractivity contribution in [3.8, 4) is 0 Å². The molecule has 5 nitrogen and oxygen atoms in total. The third kappa shape index (κ3) is 3.53. The summed E-state index contributed by atoms with van der Waals surface area (Å²) in [7, 11) is 1.73. The molecule has 0 spiro atoms. The van der Waals surface area contributed by atoms with Gasteiger partial charge in [0.15, 0.2) is 5.16 Å². The average Bonchev–Trinajstić information content (AvgIpc) is 3.24. The van der Waals surface area contributed by atoms with Crippen LogP contribution in [0.2, 0.25) is 0 Å². The number of benzene rings is 1. The molecule has 0 fully saturated rings. The summed E-state index contributed by atoms with van der Waals surface area (Å²) >= 11 is 2.93. The first-order valence-electron chi connectivity index (χ1n) is 9.09. The molecular formula is C20H21N3O2S2. The van der Waals surface area contributed by atoms with Crippen LogP contribution in [0.15, 0.2) is 34.2 Å². The minimum atomic E-state index is -0.101. The van der Waals surface area contributed by atoms with E-state index in [4.69, 9.17) is 0 Å². The molecule has 1 aliphatic carbocycles. The zero-order valence-electron chi connectivity index (χ0n) is 15.4. The Morgan fingerprint density at radius 1 is 1.37 bits per heavy atom. The van der Waals surface area contributed by atoms with Crippen LogP contribution in [0, 0.1) is 0 Å². The summed E-state index contributed by atoms with van der Waals surface area (Å²) in [4.78, 5) is 31.9. The number of carbonyl (C=O) groups is 1. The molecule has 0 radical (unpaired) electrons. The molecule has 3 aromatic rings. The van der Waals surface area contributed by atoms with Gasteiger partial charge in [0.05, 0.1) is 11.1 Å². The van der Waals surface area contributed by atoms with Crippen LogP contribution in [-0.4, -0.2) is 21.2 Å². The topological polar surface area (TPSA) is 64.0 Å². The highest BCUT2D eigenvalue weighted by Gasteiger charge is 2.22. The van der Waals surface area contributed by atoms with Gasteiger partial charge in [0.2, 0.25) is 5.91 Å². The molecule has 1 aromatic carbocycles. The zero-order chi connectivity index (χ0) is 19.0. The Hall–Kier alpha value is -2.12. The highest BCUT2D eigenvalue weighted by atomic mass is 32.2. The van der Waals surface area contributed by atoms with E-state index < -0.39 is 0 Å². The number of thioether (sulfide) groups is 1. The summed E-state index contributed by atoms with van der Waals surface area (Å²) < 4.78 is 1.57. The second-order valence-corrected chi connectivity index (χ2v) is 8.71. The number of aryl methyl sites for hydroxylation is 3. The molecule has 4 rings (SSSR count). The van der Waals surface area contributed by atoms with E-state index in [1.165, 1.54) is 27.8 Å². The standard InChI is InChI=1S/C20H21N3O2S2/c1-3-12-6-4-7-13(10-12)21-16(24)11-26-20-22-18-17(19(25)23(20)2)14-8-5-9-15(14)27-18/h4,6-7,10H,3,5,8-9,11H2,1-2H3,(H,21,24). The monoisotopic (exact) mass is 399 g/mol. The van der Waals surface area contributed by atoms with E-state index in [9.17, 15) is 9.59 Å². The minimum Gasteiger partial charge on any atom is -0.325 e. The Morgan fingerprint density at radius 3 is 3.04 bits per heavy atom. The first-order chi connectivity index (χ1) is 13.1. The van der Waals surface area contributed by atoms with E-state index in [1.807, 2.05) is 24.3 Å². The fraction of sp³-hybridized carbons (Fsp3) is 0.350. The summed E-state index contributed by atoms with van der Waals surface area (Å²) in [5, 5.41) is 4.28. The largest absolute Gasteiger partial charge is 0.325 e. The predicted octanol–water partition coefficient (Wildman–Crippen LogP) is 3.78. The molecule has 7 heteroatoms. The van der Waals surface area contributed by atoms with Crippen LogP contribution >= 0.6 is 23.1 Å². The summed E-state index contributed by atoms with van der Waals surface area (Å²) in [6.07, 6.45) is 4.06. The van der Waals surface area contributed by atoms with E-state index >= 15 is 0 Å². The van der Waals surface area contributed by atoms with Crippen LogP contribution in [0.1, 0.15) is 29.3 Å². The van der Waals surface area contributed by atoms with Crippen LogP contribution in [0.5, 0.6) is 0 Å². The molecule has 1 amide bonds. The third-order valence-electron chi connectivity index (χ3n) is 4.86. The molecule has 0 saturated heterocycles. The Morgan fingerprint density at radius 2 is 2.22 bits per heavy atom. The molecule has 27 heavy (non-hydrogen) atoms. The molecule has 0 saturated carbocycles. The fourth-order valence-corrected chi connectivity index (χ4v) is 5.51. The molecule has 0 atom stereocenters. The van der Waals surface area contributed by atoms with Crippen molar-refractivity contribution in [3.63, 3.8) is 0 Å². The van der Waals surface area contributed by atoms with Crippen LogP contribution in [0.4, 0.5) is 5.69 Å². The maximum absolute atomic E-state index is 12.8. The van der Waals surface area contributed by atoms with Gasteiger partial charge in [-0.2, -0.15) is 0 Å². The number of aromatic nitrogens is 2. The van der Waals surface area contributed by atoms with Gasteiger partial charge in [0.1, 0.15) is 4.83 Å². The van der Waals surface area contributed by atoms with Crippen LogP contribution in [0.3, 0.4) is 0 Å². The summed E-state index contributed by atoms with van der Waals surface area (Å²) in [6, 6.07) is 7.85. The first kappa shape index (κ1) is 18.3. The maximum atomic E-state index is 12.8. The van der Waals surface area contributed by atoms with Crippen molar-refractivity contribution in [3.05, 3.63) is 50.6 Å². The molecule has 1 N–H and O–H groups in total. The fourth-order valence-electron chi connectivity index (χ4n) is 3.43. The first-order valence-corrected chi connectivity index (χ1v) is 10.9. The third-order valence-corrected chi connectivity index (χ3v) is 7.07. The Kier molecular flexibility index (Phi) is 5.06. The highest BCUT2D eigenvalue weighted by molar-refractivity contribution is 7.99.